The number of rotatable bonds is 8. The van der Waals surface area contributed by atoms with Crippen molar-refractivity contribution >= 4 is 23.5 Å². The Bertz CT molecular complexity index is 1240. The van der Waals surface area contributed by atoms with E-state index >= 15 is 0 Å². The van der Waals surface area contributed by atoms with E-state index in [1.807, 2.05) is 30.3 Å². The standard InChI is InChI=1S/C28H26ClNO5.Na/c29-20-7-1-17(2-8-20)11-13-30-27(31)19-5-9-21(10-6-19)35-26-16-25-24(15-23(26)18-3-4-18)22(28(32)33)12-14-34-25;/h1-2,5-10,15-16,18,22H,3-4,11-14H2,(H,30,31)(H,32,33);/q;+1/p-1. The number of carboxylic acid groups (broad SMARTS) is 1. The van der Waals surface area contributed by atoms with Crippen molar-refractivity contribution < 1.29 is 53.7 Å². The van der Waals surface area contributed by atoms with Crippen LogP contribution in [0.2, 0.25) is 5.02 Å². The molecule has 1 N–H and O–H groups in total. The summed E-state index contributed by atoms with van der Waals surface area (Å²) in [5, 5.41) is 15.2. The van der Waals surface area contributed by atoms with Gasteiger partial charge in [-0.25, -0.2) is 0 Å². The van der Waals surface area contributed by atoms with Crippen LogP contribution in [-0.2, 0) is 11.2 Å². The molecule has 180 valence electrons. The van der Waals surface area contributed by atoms with Gasteiger partial charge < -0.3 is 24.7 Å². The van der Waals surface area contributed by atoms with Gasteiger partial charge in [0.1, 0.15) is 17.2 Å². The third kappa shape index (κ3) is 6.24. The minimum absolute atomic E-state index is 0. The molecular weight excluding hydrogens is 489 g/mol. The van der Waals surface area contributed by atoms with Crippen LogP contribution in [0.3, 0.4) is 0 Å². The molecule has 3 aromatic carbocycles. The molecule has 1 amide bonds. The van der Waals surface area contributed by atoms with Crippen LogP contribution in [0, 0.1) is 0 Å². The summed E-state index contributed by atoms with van der Waals surface area (Å²) in [6.45, 7) is 0.848. The molecule has 1 saturated carbocycles. The normalized spacial score (nSPS) is 16.2. The summed E-state index contributed by atoms with van der Waals surface area (Å²) < 4.78 is 11.9. The van der Waals surface area contributed by atoms with Crippen molar-refractivity contribution in [3.63, 3.8) is 0 Å². The van der Waals surface area contributed by atoms with E-state index in [9.17, 15) is 14.7 Å². The number of fused-ring (bicyclic) bond motifs is 1. The number of aliphatic carboxylic acids is 1. The molecule has 36 heavy (non-hydrogen) atoms. The van der Waals surface area contributed by atoms with Gasteiger partial charge in [-0.05, 0) is 85.2 Å². The maximum atomic E-state index is 12.5. The number of hydrogen-bond donors (Lipinski definition) is 1. The summed E-state index contributed by atoms with van der Waals surface area (Å²) in [4.78, 5) is 24.1. The Morgan fingerprint density at radius 2 is 1.72 bits per heavy atom. The fraction of sp³-hybridized carbons (Fsp3) is 0.286. The monoisotopic (exact) mass is 513 g/mol. The van der Waals surface area contributed by atoms with Crippen molar-refractivity contribution in [2.45, 2.75) is 37.5 Å². The van der Waals surface area contributed by atoms with E-state index in [0.29, 0.717) is 65.3 Å². The van der Waals surface area contributed by atoms with Crippen LogP contribution in [-0.4, -0.2) is 25.0 Å². The molecule has 0 saturated heterocycles. The fourth-order valence-corrected chi connectivity index (χ4v) is 4.48. The van der Waals surface area contributed by atoms with Crippen LogP contribution in [0.1, 0.15) is 58.1 Å². The van der Waals surface area contributed by atoms with Crippen LogP contribution in [0.4, 0.5) is 0 Å². The Kier molecular flexibility index (Phi) is 8.62. The maximum absolute atomic E-state index is 12.5. The molecule has 1 fully saturated rings. The van der Waals surface area contributed by atoms with Gasteiger partial charge in [-0.2, -0.15) is 0 Å². The Labute approximate surface area is 237 Å². The van der Waals surface area contributed by atoms with Gasteiger partial charge in [0.2, 0.25) is 0 Å². The molecule has 0 radical (unpaired) electrons. The number of hydrogen-bond acceptors (Lipinski definition) is 5. The zero-order valence-electron chi connectivity index (χ0n) is 20.1. The van der Waals surface area contributed by atoms with Gasteiger partial charge in [-0.15, -0.1) is 0 Å². The summed E-state index contributed by atoms with van der Waals surface area (Å²) in [7, 11) is 0. The van der Waals surface area contributed by atoms with E-state index in [1.165, 1.54) is 0 Å². The smallest absolute Gasteiger partial charge is 0.549 e. The second kappa shape index (κ2) is 11.7. The van der Waals surface area contributed by atoms with Crippen molar-refractivity contribution in [3.05, 3.63) is 87.9 Å². The minimum Gasteiger partial charge on any atom is -0.549 e. The van der Waals surface area contributed by atoms with Gasteiger partial charge in [0.15, 0.2) is 0 Å². The number of nitrogens with one attached hydrogen (secondary N) is 1. The molecule has 5 rings (SSSR count). The first kappa shape index (κ1) is 26.6. The quantitative estimate of drug-likeness (QED) is 0.462. The van der Waals surface area contributed by atoms with E-state index in [1.54, 1.807) is 30.3 Å². The molecule has 0 bridgehead atoms. The van der Waals surface area contributed by atoms with E-state index in [-0.39, 0.29) is 35.5 Å². The Morgan fingerprint density at radius 1 is 1.00 bits per heavy atom. The van der Waals surface area contributed by atoms with Crippen molar-refractivity contribution in [2.75, 3.05) is 13.2 Å². The Balaban J connectivity index is 0.00000304. The van der Waals surface area contributed by atoms with E-state index in [0.717, 1.165) is 24.0 Å². The molecule has 6 nitrogen and oxygen atoms in total. The summed E-state index contributed by atoms with van der Waals surface area (Å²) in [6.07, 6.45) is 3.21. The molecule has 1 unspecified atom stereocenters. The summed E-state index contributed by atoms with van der Waals surface area (Å²) in [6, 6.07) is 18.2. The van der Waals surface area contributed by atoms with E-state index < -0.39 is 11.9 Å². The fourth-order valence-electron chi connectivity index (χ4n) is 4.36. The van der Waals surface area contributed by atoms with Crippen LogP contribution in [0.5, 0.6) is 17.2 Å². The van der Waals surface area contributed by atoms with E-state index in [4.69, 9.17) is 21.1 Å². The molecule has 1 heterocycles. The number of halogens is 1. The Morgan fingerprint density at radius 3 is 2.39 bits per heavy atom. The van der Waals surface area contributed by atoms with Crippen molar-refractivity contribution in [1.82, 2.24) is 5.32 Å². The molecule has 3 aromatic rings. The molecule has 0 spiro atoms. The van der Waals surface area contributed by atoms with Gasteiger partial charge in [0.25, 0.3) is 5.91 Å². The van der Waals surface area contributed by atoms with Gasteiger partial charge in [0, 0.05) is 40.6 Å². The van der Waals surface area contributed by atoms with Gasteiger partial charge >= 0.3 is 29.6 Å². The largest absolute Gasteiger partial charge is 1.00 e. The van der Waals surface area contributed by atoms with Crippen LogP contribution < -0.4 is 49.5 Å². The van der Waals surface area contributed by atoms with Crippen LogP contribution >= 0.6 is 11.6 Å². The molecule has 8 heteroatoms. The predicted molar refractivity (Wildman–Crippen MR) is 130 cm³/mol. The Hall–Kier alpha value is -2.51. The number of carbonyl (C=O) groups excluding carboxylic acids is 2. The molecule has 0 aromatic heterocycles. The van der Waals surface area contributed by atoms with Crippen molar-refractivity contribution in [3.8, 4) is 17.2 Å². The molecule has 1 aliphatic heterocycles. The maximum Gasteiger partial charge on any atom is 1.00 e. The van der Waals surface area contributed by atoms with Crippen LogP contribution in [0.25, 0.3) is 0 Å². The number of carboxylic acids is 1. The average molecular weight is 514 g/mol. The molecule has 1 atom stereocenters. The topological polar surface area (TPSA) is 87.7 Å². The second-order valence-corrected chi connectivity index (χ2v) is 9.41. The van der Waals surface area contributed by atoms with E-state index in [2.05, 4.69) is 5.32 Å². The zero-order chi connectivity index (χ0) is 24.4. The summed E-state index contributed by atoms with van der Waals surface area (Å²) in [5.74, 6) is 0.239. The first-order chi connectivity index (χ1) is 17.0. The summed E-state index contributed by atoms with van der Waals surface area (Å²) >= 11 is 5.91. The minimum atomic E-state index is -1.08. The first-order valence-electron chi connectivity index (χ1n) is 11.8. The van der Waals surface area contributed by atoms with Gasteiger partial charge in [-0.3, -0.25) is 4.79 Å². The van der Waals surface area contributed by atoms with Crippen molar-refractivity contribution in [1.29, 1.82) is 0 Å². The summed E-state index contributed by atoms with van der Waals surface area (Å²) in [5.41, 5.74) is 3.30. The molecule has 1 aliphatic carbocycles. The van der Waals surface area contributed by atoms with Crippen LogP contribution in [0.15, 0.2) is 60.7 Å². The van der Waals surface area contributed by atoms with Gasteiger partial charge in [0.05, 0.1) is 6.61 Å². The zero-order valence-corrected chi connectivity index (χ0v) is 22.8. The average Bonchev–Trinajstić information content (AvgIpc) is 3.70. The second-order valence-electron chi connectivity index (χ2n) is 8.97. The predicted octanol–water partition coefficient (Wildman–Crippen LogP) is 1.60. The van der Waals surface area contributed by atoms with Crippen molar-refractivity contribution in [2.24, 2.45) is 0 Å². The third-order valence-corrected chi connectivity index (χ3v) is 6.69. The third-order valence-electron chi connectivity index (χ3n) is 6.44. The number of benzene rings is 3. The SMILES string of the molecule is O=C(NCCc1ccc(Cl)cc1)c1ccc(Oc2cc3c(cc2C2CC2)C(C(=O)[O-])CCO3)cc1.[Na+]. The number of ether oxygens (including phenoxy) is 2. The number of amides is 1. The molecular formula is C28H25ClNNaO5. The number of carbonyl (C=O) groups is 2. The van der Waals surface area contributed by atoms with Gasteiger partial charge in [-0.1, -0.05) is 23.7 Å². The first-order valence-corrected chi connectivity index (χ1v) is 12.2. The molecule has 2 aliphatic rings.